The van der Waals surface area contributed by atoms with E-state index in [1.165, 1.54) is 0 Å². The van der Waals surface area contributed by atoms with E-state index in [1.54, 1.807) is 0 Å². The average molecular weight is 542 g/mol. The monoisotopic (exact) mass is 541 g/mol. The van der Waals surface area contributed by atoms with Gasteiger partial charge in [0.25, 0.3) is 0 Å². The molecule has 0 aromatic carbocycles. The van der Waals surface area contributed by atoms with Crippen LogP contribution in [-0.2, 0) is 24.4 Å². The van der Waals surface area contributed by atoms with Gasteiger partial charge in [-0.25, -0.2) is 13.2 Å². The molecule has 2 aliphatic rings. The van der Waals surface area contributed by atoms with Gasteiger partial charge < -0.3 is 30.3 Å². The molecule has 2 rings (SSSR count). The van der Waals surface area contributed by atoms with E-state index in [9.17, 15) is 32.5 Å². The molecule has 2 fully saturated rings. The van der Waals surface area contributed by atoms with E-state index in [0.29, 0.717) is 18.9 Å². The van der Waals surface area contributed by atoms with Gasteiger partial charge in [-0.1, -0.05) is 33.6 Å². The second-order valence-electron chi connectivity index (χ2n) is 10.2. The first-order valence-corrected chi connectivity index (χ1v) is 14.1. The fourth-order valence-corrected chi connectivity index (χ4v) is 5.47. The van der Waals surface area contributed by atoms with E-state index in [-0.39, 0.29) is 60.3 Å². The Labute approximate surface area is 236 Å². The molecule has 3 amide bonds. The molecule has 1 aliphatic carbocycles. The Morgan fingerprint density at radius 1 is 1.17 bits per heavy atom. The second-order valence-corrected chi connectivity index (χ2v) is 11.6. The number of ether oxygens (including phenoxy) is 1. The van der Waals surface area contributed by atoms with Crippen LogP contribution < -0.4 is 45.5 Å². The van der Waals surface area contributed by atoms with Crippen molar-refractivity contribution in [2.75, 3.05) is 6.54 Å². The molecule has 4 atom stereocenters. The van der Waals surface area contributed by atoms with Crippen LogP contribution in [0.25, 0.3) is 0 Å². The predicted octanol–water partition coefficient (Wildman–Crippen LogP) is -1.64. The molecule has 1 saturated carbocycles. The molecule has 0 aromatic heterocycles. The van der Waals surface area contributed by atoms with Crippen molar-refractivity contribution in [2.45, 2.75) is 102 Å². The summed E-state index contributed by atoms with van der Waals surface area (Å²) in [5, 5.41) is 17.6. The summed E-state index contributed by atoms with van der Waals surface area (Å²) in [5.41, 5.74) is -2.43. The van der Waals surface area contributed by atoms with E-state index >= 15 is 0 Å². The quantitative estimate of drug-likeness (QED) is 0.168. The van der Waals surface area contributed by atoms with Crippen molar-refractivity contribution in [3.05, 3.63) is 0 Å². The maximum atomic E-state index is 13.0. The zero-order chi connectivity index (χ0) is 26.2. The van der Waals surface area contributed by atoms with Gasteiger partial charge in [-0.05, 0) is 56.8 Å². The molecule has 0 spiro atoms. The van der Waals surface area contributed by atoms with Crippen LogP contribution in [0.3, 0.4) is 0 Å². The zero-order valence-corrected chi connectivity index (χ0v) is 24.6. The number of amides is 3. The molecular weight excluding hydrogens is 501 g/mol. The molecule has 1 unspecified atom stereocenters. The minimum Gasteiger partial charge on any atom is -0.746 e. The summed E-state index contributed by atoms with van der Waals surface area (Å²) >= 11 is 0. The molecular formula is C23H40N3NaO8S. The van der Waals surface area contributed by atoms with Gasteiger partial charge in [-0.2, -0.15) is 0 Å². The third-order valence-corrected chi connectivity index (χ3v) is 7.67. The first-order valence-electron chi connectivity index (χ1n) is 12.6. The molecule has 36 heavy (non-hydrogen) atoms. The van der Waals surface area contributed by atoms with Crippen LogP contribution in [0.1, 0.15) is 78.6 Å². The van der Waals surface area contributed by atoms with Gasteiger partial charge in [0, 0.05) is 12.5 Å². The number of rotatable bonds is 12. The minimum absolute atomic E-state index is 0. The third kappa shape index (κ3) is 10.8. The smallest absolute Gasteiger partial charge is 0.746 e. The number of nitrogens with one attached hydrogen (secondary N) is 3. The fraction of sp³-hybridized carbons (Fsp3) is 0.870. The molecule has 11 nitrogen and oxygen atoms in total. The summed E-state index contributed by atoms with van der Waals surface area (Å²) in [6.45, 7) is 6.22. The van der Waals surface area contributed by atoms with Crippen molar-refractivity contribution >= 4 is 28.0 Å². The molecule has 202 valence electrons. The van der Waals surface area contributed by atoms with Crippen LogP contribution in [0.15, 0.2) is 0 Å². The Hall–Kier alpha value is -0.920. The van der Waals surface area contributed by atoms with Crippen molar-refractivity contribution in [2.24, 2.45) is 17.8 Å². The van der Waals surface area contributed by atoms with Crippen molar-refractivity contribution in [3.8, 4) is 0 Å². The van der Waals surface area contributed by atoms with Gasteiger partial charge in [0.15, 0.2) is 5.44 Å². The Balaban J connectivity index is 0.00000648. The first kappa shape index (κ1) is 33.1. The van der Waals surface area contributed by atoms with E-state index < -0.39 is 45.6 Å². The van der Waals surface area contributed by atoms with E-state index in [0.717, 1.165) is 38.5 Å². The first-order chi connectivity index (χ1) is 16.4. The van der Waals surface area contributed by atoms with Crippen LogP contribution in [0.5, 0.6) is 0 Å². The third-order valence-electron chi connectivity index (χ3n) is 6.75. The standard InChI is InChI=1S/C23H41N3O8S.Na/c1-4-5-15-6-8-17(9-7-15)34-23(30)26-18(12-14(2)3)21(28)25-19(22(29)35(31,32)33)13-16-10-11-24-20(16)27;/h14-19,22,29H,4-13H2,1-3H3,(H,24,27)(H,25,28)(H,26,30)(H,31,32,33);/q;+1/p-1/t15?,16-,17?,18-,19-,22?;/m0./s1. The minimum atomic E-state index is -5.16. The Kier molecular flexibility index (Phi) is 14.2. The zero-order valence-electron chi connectivity index (χ0n) is 21.8. The molecule has 1 heterocycles. The number of hydrogen-bond acceptors (Lipinski definition) is 8. The van der Waals surface area contributed by atoms with Gasteiger partial charge in [-0.3, -0.25) is 9.59 Å². The van der Waals surface area contributed by atoms with Gasteiger partial charge >= 0.3 is 35.7 Å². The number of carbonyl (C=O) groups excluding carboxylic acids is 3. The number of hydrogen-bond donors (Lipinski definition) is 4. The maximum absolute atomic E-state index is 13.0. The second kappa shape index (κ2) is 15.5. The van der Waals surface area contributed by atoms with Crippen LogP contribution in [-0.4, -0.2) is 66.2 Å². The van der Waals surface area contributed by atoms with E-state index in [4.69, 9.17) is 4.74 Å². The van der Waals surface area contributed by atoms with Crippen molar-refractivity contribution in [1.29, 1.82) is 0 Å². The molecule has 0 bridgehead atoms. The number of alkyl carbamates (subject to hydrolysis) is 1. The molecule has 1 saturated heterocycles. The Morgan fingerprint density at radius 2 is 1.81 bits per heavy atom. The average Bonchev–Trinajstić information content (AvgIpc) is 3.17. The summed E-state index contributed by atoms with van der Waals surface area (Å²) in [6.07, 6.45) is 5.19. The van der Waals surface area contributed by atoms with E-state index in [2.05, 4.69) is 22.9 Å². The molecule has 0 aromatic rings. The van der Waals surface area contributed by atoms with Gasteiger partial charge in [-0.15, -0.1) is 0 Å². The van der Waals surface area contributed by atoms with Gasteiger partial charge in [0.05, 0.1) is 6.04 Å². The summed E-state index contributed by atoms with van der Waals surface area (Å²) in [5.74, 6) is -1.11. The topological polar surface area (TPSA) is 174 Å². The SMILES string of the molecule is CCCC1CCC(OC(=O)N[C@@H](CC(C)C)C(=O)N[C@@H](C[C@@H]2CCNC2=O)C(O)S(=O)(=O)[O-])CC1.[Na+]. The summed E-state index contributed by atoms with van der Waals surface area (Å²) < 4.78 is 39.9. The largest absolute Gasteiger partial charge is 1.00 e. The molecule has 1 aliphatic heterocycles. The molecule has 0 radical (unpaired) electrons. The van der Waals surface area contributed by atoms with Gasteiger partial charge in [0.1, 0.15) is 22.3 Å². The summed E-state index contributed by atoms with van der Waals surface area (Å²) in [7, 11) is -5.16. The van der Waals surface area contributed by atoms with Crippen LogP contribution in [0.4, 0.5) is 4.79 Å². The van der Waals surface area contributed by atoms with E-state index in [1.807, 2.05) is 13.8 Å². The molecule has 13 heteroatoms. The fourth-order valence-electron chi connectivity index (χ4n) is 4.88. The van der Waals surface area contributed by atoms with Crippen molar-refractivity contribution in [1.82, 2.24) is 16.0 Å². The van der Waals surface area contributed by atoms with Crippen LogP contribution in [0.2, 0.25) is 0 Å². The summed E-state index contributed by atoms with van der Waals surface area (Å²) in [6, 6.07) is -2.57. The molecule has 4 N–H and O–H groups in total. The number of aliphatic hydroxyl groups excluding tert-OH is 1. The Morgan fingerprint density at radius 3 is 2.31 bits per heavy atom. The van der Waals surface area contributed by atoms with Gasteiger partial charge in [0.2, 0.25) is 11.8 Å². The van der Waals surface area contributed by atoms with Crippen LogP contribution in [0, 0.1) is 17.8 Å². The van der Waals surface area contributed by atoms with Crippen molar-refractivity contribution in [3.63, 3.8) is 0 Å². The maximum Gasteiger partial charge on any atom is 1.00 e. The summed E-state index contributed by atoms with van der Waals surface area (Å²) in [4.78, 5) is 37.5. The number of aliphatic hydroxyl groups is 1. The normalized spacial score (nSPS) is 24.7. The Bertz CT molecular complexity index is 833. The predicted molar refractivity (Wildman–Crippen MR) is 127 cm³/mol. The van der Waals surface area contributed by atoms with Crippen molar-refractivity contribution < 1.29 is 66.8 Å². The number of carbonyl (C=O) groups is 3. The van der Waals surface area contributed by atoms with Crippen LogP contribution >= 0.6 is 0 Å².